The summed E-state index contributed by atoms with van der Waals surface area (Å²) in [6, 6.07) is 9.13. The molecule has 4 unspecified atom stereocenters. The molecule has 182 valence electrons. The van der Waals surface area contributed by atoms with Gasteiger partial charge in [-0.1, -0.05) is 43.9 Å². The second-order valence-electron chi connectivity index (χ2n) is 9.48. The number of pyridine rings is 1. The zero-order valence-electron chi connectivity index (χ0n) is 18.9. The van der Waals surface area contributed by atoms with E-state index >= 15 is 0 Å². The molecule has 34 heavy (non-hydrogen) atoms. The molecule has 0 radical (unpaired) electrons. The Morgan fingerprint density at radius 1 is 1.29 bits per heavy atom. The van der Waals surface area contributed by atoms with Crippen molar-refractivity contribution in [1.82, 2.24) is 4.98 Å². The van der Waals surface area contributed by atoms with E-state index < -0.39 is 16.1 Å². The number of carbonyl (C=O) groups excluding carboxylic acids is 1. The predicted octanol–water partition coefficient (Wildman–Crippen LogP) is 3.69. The van der Waals surface area contributed by atoms with Crippen molar-refractivity contribution in [2.45, 2.75) is 43.6 Å². The average Bonchev–Trinajstić information content (AvgIpc) is 2.83. The lowest BCUT2D eigenvalue weighted by Crippen LogP contribution is -2.47. The van der Waals surface area contributed by atoms with Gasteiger partial charge in [0, 0.05) is 10.9 Å². The number of hydrogen-bond acceptors (Lipinski definition) is 6. The fourth-order valence-electron chi connectivity index (χ4n) is 5.71. The molecular formula is C24H28ClN3O5S. The van der Waals surface area contributed by atoms with E-state index in [1.165, 1.54) is 37.8 Å². The largest absolute Gasteiger partial charge is 0.482 e. The van der Waals surface area contributed by atoms with Crippen LogP contribution in [0.25, 0.3) is 0 Å². The quantitative estimate of drug-likeness (QED) is 0.619. The summed E-state index contributed by atoms with van der Waals surface area (Å²) >= 11 is 6.02. The molecule has 2 aromatic rings. The number of benzene rings is 1. The van der Waals surface area contributed by atoms with Crippen molar-refractivity contribution in [2.24, 2.45) is 23.7 Å². The Bertz CT molecular complexity index is 1190. The summed E-state index contributed by atoms with van der Waals surface area (Å²) < 4.78 is 33.7. The maximum absolute atomic E-state index is 13.5. The molecule has 1 aromatic heterocycles. The number of hydrogen-bond donors (Lipinski definition) is 2. The second kappa shape index (κ2) is 9.02. The summed E-state index contributed by atoms with van der Waals surface area (Å²) in [5.74, 6) is 1.95. The summed E-state index contributed by atoms with van der Waals surface area (Å²) in [7, 11) is -4.04. The number of aliphatic hydroxyl groups is 1. The fourth-order valence-corrected chi connectivity index (χ4v) is 7.47. The number of rotatable bonds is 6. The molecule has 1 aliphatic heterocycles. The van der Waals surface area contributed by atoms with Crippen LogP contribution in [-0.2, 0) is 14.8 Å². The van der Waals surface area contributed by atoms with Crippen LogP contribution in [0.1, 0.15) is 32.6 Å². The number of ether oxygens (including phenoxy) is 1. The Hall–Kier alpha value is -2.36. The van der Waals surface area contributed by atoms with Crippen molar-refractivity contribution in [3.05, 3.63) is 41.4 Å². The molecule has 1 aromatic carbocycles. The van der Waals surface area contributed by atoms with E-state index in [0.717, 1.165) is 4.31 Å². The molecule has 1 amide bonds. The van der Waals surface area contributed by atoms with Gasteiger partial charge in [-0.3, -0.25) is 4.79 Å². The molecule has 2 fully saturated rings. The highest BCUT2D eigenvalue weighted by Gasteiger charge is 2.47. The highest BCUT2D eigenvalue weighted by molar-refractivity contribution is 7.92. The first-order valence-corrected chi connectivity index (χ1v) is 13.5. The zero-order chi connectivity index (χ0) is 24.0. The van der Waals surface area contributed by atoms with Gasteiger partial charge < -0.3 is 15.2 Å². The summed E-state index contributed by atoms with van der Waals surface area (Å²) in [6.45, 7) is 1.49. The van der Waals surface area contributed by atoms with Gasteiger partial charge >= 0.3 is 0 Å². The van der Waals surface area contributed by atoms with Crippen molar-refractivity contribution < 1.29 is 23.1 Å². The van der Waals surface area contributed by atoms with Crippen LogP contribution in [-0.4, -0.2) is 43.7 Å². The summed E-state index contributed by atoms with van der Waals surface area (Å²) in [5, 5.41) is 12.8. The third-order valence-corrected chi connectivity index (χ3v) is 9.40. The maximum atomic E-state index is 13.5. The number of aromatic nitrogens is 1. The van der Waals surface area contributed by atoms with Crippen molar-refractivity contribution in [2.75, 3.05) is 22.8 Å². The van der Waals surface area contributed by atoms with Gasteiger partial charge in [0.1, 0.15) is 11.9 Å². The Labute approximate surface area is 204 Å². The molecule has 3 aliphatic rings. The van der Waals surface area contributed by atoms with E-state index in [1.807, 2.05) is 6.92 Å². The van der Waals surface area contributed by atoms with Crippen LogP contribution in [0, 0.1) is 23.7 Å². The van der Waals surface area contributed by atoms with E-state index in [9.17, 15) is 18.3 Å². The molecule has 5 rings (SSSR count). The smallest absolute Gasteiger partial charge is 0.265 e. The van der Waals surface area contributed by atoms with Gasteiger partial charge in [-0.25, -0.2) is 17.7 Å². The first-order valence-electron chi connectivity index (χ1n) is 11.7. The molecule has 2 saturated carbocycles. The highest BCUT2D eigenvalue weighted by Crippen LogP contribution is 2.54. The third-order valence-electron chi connectivity index (χ3n) is 7.41. The SMILES string of the molecule is CC(C(=O)Nc1ccc2c(n1)N(S(=O)(=O)c1cccc(Cl)c1)CC(CO)O2)C1C2CCCC1C2. The van der Waals surface area contributed by atoms with Crippen LogP contribution in [0.3, 0.4) is 0 Å². The minimum absolute atomic E-state index is 0.00549. The maximum Gasteiger partial charge on any atom is 0.265 e. The summed E-state index contributed by atoms with van der Waals surface area (Å²) in [5.41, 5.74) is 0. The number of amides is 1. The Balaban J connectivity index is 1.42. The predicted molar refractivity (Wildman–Crippen MR) is 128 cm³/mol. The lowest BCUT2D eigenvalue weighted by Gasteiger charge is -2.51. The zero-order valence-corrected chi connectivity index (χ0v) is 20.4. The molecule has 2 bridgehead atoms. The Kier molecular flexibility index (Phi) is 6.20. The van der Waals surface area contributed by atoms with Crippen LogP contribution in [0.5, 0.6) is 5.75 Å². The van der Waals surface area contributed by atoms with Crippen molar-refractivity contribution >= 4 is 39.2 Å². The number of anilines is 2. The number of fused-ring (bicyclic) bond motifs is 3. The van der Waals surface area contributed by atoms with Crippen LogP contribution in [0.15, 0.2) is 41.3 Å². The van der Waals surface area contributed by atoms with Gasteiger partial charge in [0.25, 0.3) is 10.0 Å². The molecule has 10 heteroatoms. The number of nitrogens with one attached hydrogen (secondary N) is 1. The van der Waals surface area contributed by atoms with Gasteiger partial charge in [-0.05, 0) is 54.5 Å². The minimum atomic E-state index is -4.04. The Morgan fingerprint density at radius 2 is 2.06 bits per heavy atom. The van der Waals surface area contributed by atoms with Crippen molar-refractivity contribution in [3.63, 3.8) is 0 Å². The molecule has 2 N–H and O–H groups in total. The molecular weight excluding hydrogens is 478 g/mol. The number of halogens is 1. The van der Waals surface area contributed by atoms with Crippen LogP contribution < -0.4 is 14.4 Å². The summed E-state index contributed by atoms with van der Waals surface area (Å²) in [6.07, 6.45) is 4.10. The first kappa shape index (κ1) is 23.4. The van der Waals surface area contributed by atoms with E-state index in [4.69, 9.17) is 16.3 Å². The fraction of sp³-hybridized carbons (Fsp3) is 0.500. The summed E-state index contributed by atoms with van der Waals surface area (Å²) in [4.78, 5) is 17.5. The normalized spacial score (nSPS) is 26.6. The molecule has 2 heterocycles. The minimum Gasteiger partial charge on any atom is -0.482 e. The van der Waals surface area contributed by atoms with E-state index in [2.05, 4.69) is 10.3 Å². The van der Waals surface area contributed by atoms with E-state index in [1.54, 1.807) is 24.3 Å². The first-order chi connectivity index (χ1) is 16.3. The number of nitrogens with zero attached hydrogens (tertiary/aromatic N) is 2. The van der Waals surface area contributed by atoms with Crippen molar-refractivity contribution in [3.8, 4) is 5.75 Å². The van der Waals surface area contributed by atoms with E-state index in [0.29, 0.717) is 17.8 Å². The van der Waals surface area contributed by atoms with E-state index in [-0.39, 0.29) is 52.3 Å². The van der Waals surface area contributed by atoms with Gasteiger partial charge in [0.2, 0.25) is 5.91 Å². The van der Waals surface area contributed by atoms with Gasteiger partial charge in [0.05, 0.1) is 18.0 Å². The molecule has 2 aliphatic carbocycles. The monoisotopic (exact) mass is 505 g/mol. The molecule has 4 atom stereocenters. The topological polar surface area (TPSA) is 109 Å². The van der Waals surface area contributed by atoms with Gasteiger partial charge in [0.15, 0.2) is 11.6 Å². The third kappa shape index (κ3) is 4.14. The van der Waals surface area contributed by atoms with Crippen molar-refractivity contribution in [1.29, 1.82) is 0 Å². The molecule has 0 spiro atoms. The van der Waals surface area contributed by atoms with Gasteiger partial charge in [-0.15, -0.1) is 0 Å². The number of sulfonamides is 1. The van der Waals surface area contributed by atoms with Crippen LogP contribution in [0.4, 0.5) is 11.6 Å². The van der Waals surface area contributed by atoms with Crippen LogP contribution >= 0.6 is 11.6 Å². The Morgan fingerprint density at radius 3 is 2.74 bits per heavy atom. The molecule has 8 nitrogen and oxygen atoms in total. The highest BCUT2D eigenvalue weighted by atomic mass is 35.5. The van der Waals surface area contributed by atoms with Crippen LogP contribution in [0.2, 0.25) is 5.02 Å². The standard InChI is InChI=1S/C24H28ClN3O5S/c1-14(22-15-4-2-5-16(22)10-15)24(30)27-21-9-8-20-23(26-21)28(12-18(13-29)33-20)34(31,32)19-7-3-6-17(25)11-19/h3,6-9,11,14-16,18,22,29H,2,4-5,10,12-13H2,1H3,(H,26,27,30). The molecule has 0 saturated heterocycles. The van der Waals surface area contributed by atoms with Gasteiger partial charge in [-0.2, -0.15) is 0 Å². The lowest BCUT2D eigenvalue weighted by molar-refractivity contribution is -0.127. The number of carbonyl (C=O) groups is 1. The number of aliphatic hydroxyl groups excluding tert-OH is 1. The second-order valence-corrected chi connectivity index (χ2v) is 11.8. The average molecular weight is 506 g/mol. The lowest BCUT2D eigenvalue weighted by atomic mass is 9.53.